The quantitative estimate of drug-likeness (QED) is 0.865. The van der Waals surface area contributed by atoms with Crippen LogP contribution < -0.4 is 10.9 Å². The summed E-state index contributed by atoms with van der Waals surface area (Å²) in [6.45, 7) is -0.293. The maximum atomic E-state index is 11.9. The lowest BCUT2D eigenvalue weighted by molar-refractivity contribution is -0.173. The van der Waals surface area contributed by atoms with Gasteiger partial charge in [0.2, 0.25) is 0 Å². The van der Waals surface area contributed by atoms with Gasteiger partial charge in [0.1, 0.15) is 4.83 Å². The van der Waals surface area contributed by atoms with Gasteiger partial charge in [0.25, 0.3) is 5.56 Å². The number of hydrogen-bond acceptors (Lipinski definition) is 4. The van der Waals surface area contributed by atoms with Crippen molar-refractivity contribution in [3.8, 4) is 0 Å². The summed E-state index contributed by atoms with van der Waals surface area (Å²) in [5.74, 6) is -2.01. The van der Waals surface area contributed by atoms with E-state index in [-0.39, 0.29) is 12.1 Å². The zero-order valence-corrected chi connectivity index (χ0v) is 9.48. The van der Waals surface area contributed by atoms with Crippen LogP contribution in [0, 0.1) is 0 Å². The number of H-pyrrole nitrogens is 1. The molecule has 0 atom stereocenters. The average Bonchev–Trinajstić information content (AvgIpc) is 2.69. The van der Waals surface area contributed by atoms with Crippen molar-refractivity contribution < 1.29 is 18.0 Å². The molecular formula is C9H6F3N3O2S. The Labute approximate surface area is 102 Å². The van der Waals surface area contributed by atoms with E-state index in [9.17, 15) is 22.8 Å². The minimum absolute atomic E-state index is 0.291. The summed E-state index contributed by atoms with van der Waals surface area (Å²) in [4.78, 5) is 29.0. The Balaban J connectivity index is 2.16. The van der Waals surface area contributed by atoms with Crippen molar-refractivity contribution in [2.45, 2.75) is 12.7 Å². The molecule has 2 aromatic rings. The van der Waals surface area contributed by atoms with Crippen molar-refractivity contribution in [2.24, 2.45) is 0 Å². The zero-order valence-electron chi connectivity index (χ0n) is 8.67. The second-order valence-corrected chi connectivity index (χ2v) is 4.46. The summed E-state index contributed by atoms with van der Waals surface area (Å²) in [7, 11) is 0. The Hall–Kier alpha value is -1.90. The highest BCUT2D eigenvalue weighted by Gasteiger charge is 2.38. The van der Waals surface area contributed by atoms with Crippen LogP contribution in [0.2, 0.25) is 0 Å². The smallest absolute Gasteiger partial charge is 0.343 e. The minimum atomic E-state index is -4.91. The number of alkyl halides is 3. The largest absolute Gasteiger partial charge is 0.471 e. The van der Waals surface area contributed by atoms with Crippen molar-refractivity contribution in [2.75, 3.05) is 0 Å². The van der Waals surface area contributed by atoms with Gasteiger partial charge in [-0.15, -0.1) is 11.3 Å². The van der Waals surface area contributed by atoms with Gasteiger partial charge < -0.3 is 10.3 Å². The molecule has 0 unspecified atom stereocenters. The highest BCUT2D eigenvalue weighted by molar-refractivity contribution is 7.18. The molecule has 0 aliphatic carbocycles. The molecule has 0 fully saturated rings. The van der Waals surface area contributed by atoms with Crippen molar-refractivity contribution in [3.05, 3.63) is 27.6 Å². The van der Waals surface area contributed by atoms with Crippen LogP contribution in [0.5, 0.6) is 0 Å². The molecule has 2 heterocycles. The molecule has 0 radical (unpaired) electrons. The second-order valence-electron chi connectivity index (χ2n) is 3.34. The van der Waals surface area contributed by atoms with Crippen LogP contribution in [0.3, 0.4) is 0 Å². The van der Waals surface area contributed by atoms with E-state index in [0.29, 0.717) is 15.1 Å². The number of thiophene rings is 1. The third-order valence-electron chi connectivity index (χ3n) is 2.07. The van der Waals surface area contributed by atoms with Gasteiger partial charge in [-0.1, -0.05) is 0 Å². The fourth-order valence-corrected chi connectivity index (χ4v) is 2.21. The number of nitrogens with one attached hydrogen (secondary N) is 2. The normalized spacial score (nSPS) is 11.7. The number of carbonyl (C=O) groups is 1. The standard InChI is InChI=1S/C9H6F3N3O2S/c10-9(11,12)8(17)13-2-4-1-5-6(16)14-3-15-7(5)18-4/h1,3H,2H2,(H,13,17)(H,14,15,16). The fraction of sp³-hybridized carbons (Fsp3) is 0.222. The monoisotopic (exact) mass is 277 g/mol. The molecule has 0 bridgehead atoms. The van der Waals surface area contributed by atoms with Crippen LogP contribution in [-0.2, 0) is 11.3 Å². The summed E-state index contributed by atoms with van der Waals surface area (Å²) in [5.41, 5.74) is -0.371. The van der Waals surface area contributed by atoms with Crippen molar-refractivity contribution in [1.82, 2.24) is 15.3 Å². The molecule has 9 heteroatoms. The average molecular weight is 277 g/mol. The molecule has 0 saturated carbocycles. The van der Waals surface area contributed by atoms with Crippen LogP contribution in [0.4, 0.5) is 13.2 Å². The SMILES string of the molecule is O=C(NCc1cc2c(=O)[nH]cnc2s1)C(F)(F)F. The molecule has 18 heavy (non-hydrogen) atoms. The number of aromatic nitrogens is 2. The van der Waals surface area contributed by atoms with Crippen molar-refractivity contribution in [1.29, 1.82) is 0 Å². The maximum absolute atomic E-state index is 11.9. The van der Waals surface area contributed by atoms with Gasteiger partial charge in [0.15, 0.2) is 0 Å². The summed E-state index contributed by atoms with van der Waals surface area (Å²) < 4.78 is 35.8. The zero-order chi connectivity index (χ0) is 13.3. The molecular weight excluding hydrogens is 271 g/mol. The van der Waals surface area contributed by atoms with E-state index < -0.39 is 12.1 Å². The summed E-state index contributed by atoms with van der Waals surface area (Å²) >= 11 is 1.05. The fourth-order valence-electron chi connectivity index (χ4n) is 1.27. The first kappa shape index (κ1) is 12.6. The Bertz CT molecular complexity index is 646. The summed E-state index contributed by atoms with van der Waals surface area (Å²) in [6.07, 6.45) is -3.70. The minimum Gasteiger partial charge on any atom is -0.343 e. The molecule has 5 nitrogen and oxygen atoms in total. The Morgan fingerprint density at radius 3 is 2.83 bits per heavy atom. The molecule has 0 aliphatic rings. The van der Waals surface area contributed by atoms with Gasteiger partial charge in [-0.05, 0) is 6.07 Å². The van der Waals surface area contributed by atoms with Crippen LogP contribution in [0.15, 0.2) is 17.2 Å². The first-order valence-electron chi connectivity index (χ1n) is 4.69. The lowest BCUT2D eigenvalue weighted by Gasteiger charge is -2.05. The number of halogens is 3. The number of amides is 1. The van der Waals surface area contributed by atoms with Gasteiger partial charge >= 0.3 is 12.1 Å². The third-order valence-corrected chi connectivity index (χ3v) is 3.11. The first-order chi connectivity index (χ1) is 8.38. The molecule has 2 rings (SSSR count). The van der Waals surface area contributed by atoms with Gasteiger partial charge in [0.05, 0.1) is 18.3 Å². The summed E-state index contributed by atoms with van der Waals surface area (Å²) in [5, 5.41) is 2.02. The van der Waals surface area contributed by atoms with Gasteiger partial charge in [-0.3, -0.25) is 9.59 Å². The molecule has 0 aliphatic heterocycles. The molecule has 1 amide bonds. The van der Waals surface area contributed by atoms with Crippen LogP contribution in [-0.4, -0.2) is 22.1 Å². The summed E-state index contributed by atoms with van der Waals surface area (Å²) in [6, 6.07) is 1.41. The molecule has 96 valence electrons. The molecule has 2 N–H and O–H groups in total. The predicted octanol–water partition coefficient (Wildman–Crippen LogP) is 1.16. The number of fused-ring (bicyclic) bond motifs is 1. The van der Waals surface area contributed by atoms with Gasteiger partial charge in [-0.25, -0.2) is 4.98 Å². The highest BCUT2D eigenvalue weighted by atomic mass is 32.1. The van der Waals surface area contributed by atoms with Gasteiger partial charge in [0, 0.05) is 4.88 Å². The molecule has 0 aromatic carbocycles. The Morgan fingerprint density at radius 2 is 2.22 bits per heavy atom. The lowest BCUT2D eigenvalue weighted by Crippen LogP contribution is -2.36. The van der Waals surface area contributed by atoms with E-state index >= 15 is 0 Å². The van der Waals surface area contributed by atoms with Crippen molar-refractivity contribution in [3.63, 3.8) is 0 Å². The lowest BCUT2D eigenvalue weighted by atomic mass is 10.3. The van der Waals surface area contributed by atoms with E-state index in [1.807, 2.05) is 0 Å². The van der Waals surface area contributed by atoms with E-state index in [1.165, 1.54) is 12.4 Å². The van der Waals surface area contributed by atoms with Crippen molar-refractivity contribution >= 4 is 27.5 Å². The van der Waals surface area contributed by atoms with Crippen LogP contribution >= 0.6 is 11.3 Å². The van der Waals surface area contributed by atoms with E-state index in [2.05, 4.69) is 9.97 Å². The van der Waals surface area contributed by atoms with E-state index in [4.69, 9.17) is 0 Å². The molecule has 0 spiro atoms. The molecule has 2 aromatic heterocycles. The van der Waals surface area contributed by atoms with E-state index in [0.717, 1.165) is 11.3 Å². The Kier molecular flexibility index (Phi) is 3.07. The van der Waals surface area contributed by atoms with Gasteiger partial charge in [-0.2, -0.15) is 13.2 Å². The number of hydrogen-bond donors (Lipinski definition) is 2. The number of nitrogens with zero attached hydrogens (tertiary/aromatic N) is 1. The second kappa shape index (κ2) is 4.41. The Morgan fingerprint density at radius 1 is 1.50 bits per heavy atom. The maximum Gasteiger partial charge on any atom is 0.471 e. The number of rotatable bonds is 2. The van der Waals surface area contributed by atoms with Crippen LogP contribution in [0.1, 0.15) is 4.88 Å². The topological polar surface area (TPSA) is 74.8 Å². The first-order valence-corrected chi connectivity index (χ1v) is 5.50. The number of aromatic amines is 1. The number of carbonyl (C=O) groups excluding carboxylic acids is 1. The third kappa shape index (κ3) is 2.50. The molecule has 0 saturated heterocycles. The highest BCUT2D eigenvalue weighted by Crippen LogP contribution is 2.21. The van der Waals surface area contributed by atoms with Crippen LogP contribution in [0.25, 0.3) is 10.2 Å². The van der Waals surface area contributed by atoms with E-state index in [1.54, 1.807) is 5.32 Å². The predicted molar refractivity (Wildman–Crippen MR) is 58.1 cm³/mol.